The number of fused-ring (bicyclic) bond motifs is 1. The molecule has 1 aliphatic carbocycles. The monoisotopic (exact) mass is 449 g/mol. The molecule has 1 amide bonds. The molecule has 1 aliphatic rings. The summed E-state index contributed by atoms with van der Waals surface area (Å²) in [7, 11) is 0. The Bertz CT molecular complexity index is 1300. The van der Waals surface area contributed by atoms with E-state index < -0.39 is 10.8 Å². The molecule has 11 heteroatoms. The third-order valence-corrected chi connectivity index (χ3v) is 6.56. The van der Waals surface area contributed by atoms with Crippen molar-refractivity contribution in [2.24, 2.45) is 0 Å². The number of thiophene rings is 1. The first-order valence-electron chi connectivity index (χ1n) is 10.3. The molecule has 1 fully saturated rings. The third kappa shape index (κ3) is 3.82. The molecule has 0 atom stereocenters. The van der Waals surface area contributed by atoms with Crippen LogP contribution in [0.3, 0.4) is 0 Å². The lowest BCUT2D eigenvalue weighted by Gasteiger charge is -2.22. The van der Waals surface area contributed by atoms with E-state index in [0.717, 1.165) is 37.0 Å². The molecule has 32 heavy (non-hydrogen) atoms. The Morgan fingerprint density at radius 1 is 1.16 bits per heavy atom. The Morgan fingerprint density at radius 3 is 2.72 bits per heavy atom. The highest BCUT2D eigenvalue weighted by Gasteiger charge is 2.23. The van der Waals surface area contributed by atoms with Gasteiger partial charge in [0, 0.05) is 24.0 Å². The molecule has 0 saturated heterocycles. The molecule has 4 heterocycles. The van der Waals surface area contributed by atoms with Gasteiger partial charge in [-0.1, -0.05) is 30.6 Å². The molecule has 5 rings (SSSR count). The predicted molar refractivity (Wildman–Crippen MR) is 120 cm³/mol. The van der Waals surface area contributed by atoms with Crippen molar-refractivity contribution < 1.29 is 9.72 Å². The van der Waals surface area contributed by atoms with E-state index in [1.54, 1.807) is 24.7 Å². The molecule has 162 valence electrons. The number of hydrogen-bond donors (Lipinski definition) is 1. The molecule has 0 radical (unpaired) electrons. The van der Waals surface area contributed by atoms with Gasteiger partial charge in [-0.15, -0.1) is 0 Å². The number of nitrogens with zero attached hydrogens (tertiary/aromatic N) is 6. The lowest BCUT2D eigenvalue weighted by Crippen LogP contribution is -2.15. The van der Waals surface area contributed by atoms with Gasteiger partial charge in [-0.05, 0) is 31.0 Å². The van der Waals surface area contributed by atoms with E-state index in [9.17, 15) is 14.9 Å². The van der Waals surface area contributed by atoms with Crippen molar-refractivity contribution in [3.05, 3.63) is 57.8 Å². The molecule has 0 aliphatic heterocycles. The van der Waals surface area contributed by atoms with Crippen molar-refractivity contribution in [3.8, 4) is 11.4 Å². The molecular weight excluding hydrogens is 430 g/mol. The summed E-state index contributed by atoms with van der Waals surface area (Å²) in [4.78, 5) is 37.0. The second kappa shape index (κ2) is 8.42. The van der Waals surface area contributed by atoms with Crippen molar-refractivity contribution in [3.63, 3.8) is 0 Å². The van der Waals surface area contributed by atoms with Gasteiger partial charge in [0.25, 0.3) is 5.91 Å². The van der Waals surface area contributed by atoms with Crippen LogP contribution in [0.25, 0.3) is 22.4 Å². The number of nitrogens with one attached hydrogen (secondary N) is 1. The number of carbonyl (C=O) groups excluding carboxylic acids is 1. The van der Waals surface area contributed by atoms with Crippen molar-refractivity contribution >= 4 is 39.1 Å². The van der Waals surface area contributed by atoms with E-state index in [0.29, 0.717) is 28.2 Å². The van der Waals surface area contributed by atoms with E-state index in [4.69, 9.17) is 4.98 Å². The molecule has 4 aromatic rings. The SMILES string of the molecule is O=C(Nc1nc(-c2cccnc2)nc2c1cnn2C1CCCCC1)c1ccc([N+](=O)[O-])s1. The number of pyridine rings is 1. The zero-order chi connectivity index (χ0) is 22.1. The van der Waals surface area contributed by atoms with E-state index >= 15 is 0 Å². The largest absolute Gasteiger partial charge is 0.324 e. The predicted octanol–water partition coefficient (Wildman–Crippen LogP) is 4.62. The maximum atomic E-state index is 12.8. The molecule has 0 unspecified atom stereocenters. The van der Waals surface area contributed by atoms with Gasteiger partial charge in [-0.2, -0.15) is 5.10 Å². The van der Waals surface area contributed by atoms with Crippen LogP contribution >= 0.6 is 11.3 Å². The summed E-state index contributed by atoms with van der Waals surface area (Å²) in [5, 5.41) is 18.9. The lowest BCUT2D eigenvalue weighted by molar-refractivity contribution is -0.380. The number of nitro groups is 1. The number of aromatic nitrogens is 5. The van der Waals surface area contributed by atoms with E-state index in [2.05, 4.69) is 20.4 Å². The molecule has 10 nitrogen and oxygen atoms in total. The second-order valence-electron chi connectivity index (χ2n) is 7.60. The number of amides is 1. The van der Waals surface area contributed by atoms with Crippen LogP contribution in [0.5, 0.6) is 0 Å². The van der Waals surface area contributed by atoms with Crippen LogP contribution in [0.2, 0.25) is 0 Å². The smallest absolute Gasteiger partial charge is 0.305 e. The Hall–Kier alpha value is -3.73. The van der Waals surface area contributed by atoms with Crippen LogP contribution in [-0.4, -0.2) is 35.6 Å². The average molecular weight is 449 g/mol. The topological polar surface area (TPSA) is 129 Å². The highest BCUT2D eigenvalue weighted by molar-refractivity contribution is 7.17. The molecule has 0 bridgehead atoms. The fourth-order valence-electron chi connectivity index (χ4n) is 3.95. The first-order chi connectivity index (χ1) is 15.6. The Labute approximate surface area is 186 Å². The van der Waals surface area contributed by atoms with E-state index in [1.807, 2.05) is 10.7 Å². The minimum atomic E-state index is -0.515. The summed E-state index contributed by atoms with van der Waals surface area (Å²) in [5.74, 6) is 0.276. The van der Waals surface area contributed by atoms with E-state index in [-0.39, 0.29) is 15.9 Å². The van der Waals surface area contributed by atoms with Gasteiger partial charge in [-0.3, -0.25) is 19.9 Å². The summed E-state index contributed by atoms with van der Waals surface area (Å²) in [6, 6.07) is 6.65. The van der Waals surface area contributed by atoms with Gasteiger partial charge in [0.15, 0.2) is 11.5 Å². The van der Waals surface area contributed by atoms with Crippen molar-refractivity contribution in [2.45, 2.75) is 38.1 Å². The normalized spacial score (nSPS) is 14.5. The molecule has 1 saturated carbocycles. The fraction of sp³-hybridized carbons (Fsp3) is 0.286. The minimum absolute atomic E-state index is 0.0934. The first kappa shape index (κ1) is 20.2. The molecule has 1 N–H and O–H groups in total. The van der Waals surface area contributed by atoms with Gasteiger partial charge in [0.05, 0.1) is 27.4 Å². The molecular formula is C21H19N7O3S. The third-order valence-electron chi connectivity index (χ3n) is 5.52. The lowest BCUT2D eigenvalue weighted by atomic mass is 9.96. The van der Waals surface area contributed by atoms with Crippen molar-refractivity contribution in [1.29, 1.82) is 0 Å². The Morgan fingerprint density at radius 2 is 2.00 bits per heavy atom. The van der Waals surface area contributed by atoms with E-state index in [1.165, 1.54) is 18.6 Å². The zero-order valence-electron chi connectivity index (χ0n) is 17.0. The minimum Gasteiger partial charge on any atom is -0.305 e. The molecule has 0 aromatic carbocycles. The maximum Gasteiger partial charge on any atom is 0.324 e. The number of rotatable bonds is 5. The Kier molecular flexibility index (Phi) is 5.31. The summed E-state index contributed by atoms with van der Waals surface area (Å²) in [6.45, 7) is 0. The summed E-state index contributed by atoms with van der Waals surface area (Å²) in [5.41, 5.74) is 1.37. The number of carbonyl (C=O) groups is 1. The molecule has 0 spiro atoms. The fourth-order valence-corrected chi connectivity index (χ4v) is 4.67. The molecule has 4 aromatic heterocycles. The summed E-state index contributed by atoms with van der Waals surface area (Å²) >= 11 is 0.817. The zero-order valence-corrected chi connectivity index (χ0v) is 17.8. The quantitative estimate of drug-likeness (QED) is 0.348. The van der Waals surface area contributed by atoms with Crippen LogP contribution in [0, 0.1) is 10.1 Å². The van der Waals surface area contributed by atoms with Gasteiger partial charge >= 0.3 is 5.00 Å². The van der Waals surface area contributed by atoms with Crippen LogP contribution < -0.4 is 5.32 Å². The van der Waals surface area contributed by atoms with Gasteiger partial charge < -0.3 is 5.32 Å². The Balaban J connectivity index is 1.57. The van der Waals surface area contributed by atoms with Crippen molar-refractivity contribution in [1.82, 2.24) is 24.7 Å². The average Bonchev–Trinajstić information content (AvgIpc) is 3.48. The standard InChI is InChI=1S/C21H19N7O3S/c29-21(16-8-9-17(32-16)28(30)31)26-19-15-12-23-27(14-6-2-1-3-7-14)20(15)25-18(24-19)13-5-4-10-22-11-13/h4-5,8-12,14H,1-3,6-7H2,(H,24,25,26,29). The van der Waals surface area contributed by atoms with Crippen LogP contribution in [0.15, 0.2) is 42.9 Å². The number of hydrogen-bond acceptors (Lipinski definition) is 8. The van der Waals surface area contributed by atoms with Gasteiger partial charge in [0.2, 0.25) is 0 Å². The highest BCUT2D eigenvalue weighted by Crippen LogP contribution is 2.33. The van der Waals surface area contributed by atoms with Crippen LogP contribution in [0.4, 0.5) is 10.8 Å². The summed E-state index contributed by atoms with van der Waals surface area (Å²) in [6.07, 6.45) is 10.6. The second-order valence-corrected chi connectivity index (χ2v) is 8.67. The van der Waals surface area contributed by atoms with Crippen molar-refractivity contribution in [2.75, 3.05) is 5.32 Å². The number of anilines is 1. The van der Waals surface area contributed by atoms with Crippen LogP contribution in [-0.2, 0) is 0 Å². The van der Waals surface area contributed by atoms with Gasteiger partial charge in [-0.25, -0.2) is 14.6 Å². The summed E-state index contributed by atoms with van der Waals surface area (Å²) < 4.78 is 1.93. The maximum absolute atomic E-state index is 12.8. The van der Waals surface area contributed by atoms with Crippen LogP contribution in [0.1, 0.15) is 47.8 Å². The van der Waals surface area contributed by atoms with Gasteiger partial charge in [0.1, 0.15) is 5.82 Å². The first-order valence-corrected chi connectivity index (χ1v) is 11.1. The highest BCUT2D eigenvalue weighted by atomic mass is 32.1.